The topological polar surface area (TPSA) is 164 Å². The van der Waals surface area contributed by atoms with Gasteiger partial charge in [-0.1, -0.05) is 12.1 Å². The minimum absolute atomic E-state index is 0.0849. The molecule has 0 bridgehead atoms. The number of aromatic nitrogens is 4. The highest BCUT2D eigenvalue weighted by molar-refractivity contribution is 5.83. The summed E-state index contributed by atoms with van der Waals surface area (Å²) in [5.41, 5.74) is 10.0. The Balaban J connectivity index is 1.53. The minimum atomic E-state index is -1.29. The first-order chi connectivity index (χ1) is 14.5. The first-order valence-electron chi connectivity index (χ1n) is 9.12. The highest BCUT2D eigenvalue weighted by atomic mass is 19.1. The van der Waals surface area contributed by atoms with Crippen molar-refractivity contribution in [2.75, 3.05) is 17.8 Å². The van der Waals surface area contributed by atoms with Gasteiger partial charge in [-0.3, -0.25) is 4.57 Å². The summed E-state index contributed by atoms with van der Waals surface area (Å²) < 4.78 is 19.9. The number of hydrogen-bond donors (Lipinski definition) is 5. The third kappa shape index (κ3) is 3.80. The SMILES string of the molecule is Nc1nc(NN=CCc2ccc(F)cc2)nc2c1ncn2[C@@H]1O[C@H](CO)[C@@H](O)[C@H]1O. The second kappa shape index (κ2) is 8.28. The zero-order chi connectivity index (χ0) is 21.3. The molecule has 2 aromatic heterocycles. The van der Waals surface area contributed by atoms with Crippen molar-refractivity contribution in [1.82, 2.24) is 19.5 Å². The van der Waals surface area contributed by atoms with Crippen molar-refractivity contribution >= 4 is 29.1 Å². The Bertz CT molecular complexity index is 1060. The van der Waals surface area contributed by atoms with Crippen LogP contribution < -0.4 is 11.2 Å². The number of halogens is 1. The molecule has 1 fully saturated rings. The second-order valence-corrected chi connectivity index (χ2v) is 6.74. The van der Waals surface area contributed by atoms with Crippen LogP contribution in [0.3, 0.4) is 0 Å². The van der Waals surface area contributed by atoms with E-state index in [-0.39, 0.29) is 28.7 Å². The fourth-order valence-corrected chi connectivity index (χ4v) is 3.16. The van der Waals surface area contributed by atoms with Gasteiger partial charge < -0.3 is 25.8 Å². The quantitative estimate of drug-likeness (QED) is 0.270. The van der Waals surface area contributed by atoms with E-state index in [0.717, 1.165) is 5.56 Å². The number of hydrogen-bond acceptors (Lipinski definition) is 10. The van der Waals surface area contributed by atoms with Crippen LogP contribution in [0.15, 0.2) is 35.7 Å². The van der Waals surface area contributed by atoms with Gasteiger partial charge in [0.05, 0.1) is 12.9 Å². The van der Waals surface area contributed by atoms with Crippen molar-refractivity contribution in [2.45, 2.75) is 31.0 Å². The monoisotopic (exact) mass is 417 g/mol. The Morgan fingerprint density at radius 1 is 1.23 bits per heavy atom. The van der Waals surface area contributed by atoms with E-state index >= 15 is 0 Å². The molecule has 0 saturated carbocycles. The number of aliphatic hydroxyl groups is 3. The van der Waals surface area contributed by atoms with E-state index in [0.29, 0.717) is 6.42 Å². The van der Waals surface area contributed by atoms with Gasteiger partial charge in [0.15, 0.2) is 17.7 Å². The van der Waals surface area contributed by atoms with Gasteiger partial charge in [0.25, 0.3) is 0 Å². The third-order valence-electron chi connectivity index (χ3n) is 4.74. The zero-order valence-electron chi connectivity index (χ0n) is 15.6. The molecule has 158 valence electrons. The van der Waals surface area contributed by atoms with Crippen LogP contribution in [0.25, 0.3) is 11.2 Å². The van der Waals surface area contributed by atoms with Crippen molar-refractivity contribution in [2.24, 2.45) is 5.10 Å². The molecule has 0 unspecified atom stereocenters. The first kappa shape index (κ1) is 20.1. The van der Waals surface area contributed by atoms with Gasteiger partial charge in [-0.15, -0.1) is 0 Å². The van der Waals surface area contributed by atoms with E-state index in [1.807, 2.05) is 0 Å². The zero-order valence-corrected chi connectivity index (χ0v) is 15.6. The Hall–Kier alpha value is -3.19. The van der Waals surface area contributed by atoms with Crippen molar-refractivity contribution in [3.8, 4) is 0 Å². The van der Waals surface area contributed by atoms with Gasteiger partial charge in [0.2, 0.25) is 5.95 Å². The fourth-order valence-electron chi connectivity index (χ4n) is 3.16. The number of benzene rings is 1. The molecule has 0 aliphatic carbocycles. The summed E-state index contributed by atoms with van der Waals surface area (Å²) in [7, 11) is 0. The molecule has 30 heavy (non-hydrogen) atoms. The van der Waals surface area contributed by atoms with Crippen molar-refractivity contribution in [3.05, 3.63) is 42.0 Å². The normalized spacial score (nSPS) is 24.1. The summed E-state index contributed by atoms with van der Waals surface area (Å²) in [4.78, 5) is 12.5. The standard InChI is InChI=1S/C18H20FN7O4/c19-10-3-1-9(2-4-10)5-6-22-25-18-23-15(20)12-16(24-18)26(8-21-12)17-14(29)13(28)11(7-27)30-17/h1-4,6,8,11,13-14,17,27-29H,5,7H2,(H3,20,23,24,25)/t11-,13-,14-,17-/m1/s1. The number of ether oxygens (including phenoxy) is 1. The lowest BCUT2D eigenvalue weighted by Gasteiger charge is -2.16. The van der Waals surface area contributed by atoms with Gasteiger partial charge >= 0.3 is 0 Å². The number of rotatable bonds is 6. The van der Waals surface area contributed by atoms with E-state index in [1.54, 1.807) is 18.3 Å². The molecule has 4 rings (SSSR count). The van der Waals surface area contributed by atoms with Gasteiger partial charge in [-0.05, 0) is 17.7 Å². The van der Waals surface area contributed by atoms with Crippen LogP contribution >= 0.6 is 0 Å². The van der Waals surface area contributed by atoms with Gasteiger partial charge in [0, 0.05) is 12.6 Å². The minimum Gasteiger partial charge on any atom is -0.394 e. The molecule has 6 N–H and O–H groups in total. The molecule has 0 radical (unpaired) electrons. The number of nitrogens with two attached hydrogens (primary N) is 1. The Morgan fingerprint density at radius 3 is 2.70 bits per heavy atom. The van der Waals surface area contributed by atoms with Gasteiger partial charge in [-0.2, -0.15) is 15.1 Å². The van der Waals surface area contributed by atoms with Crippen LogP contribution in [-0.2, 0) is 11.2 Å². The van der Waals surface area contributed by atoms with E-state index in [2.05, 4.69) is 25.5 Å². The van der Waals surface area contributed by atoms with E-state index in [9.17, 15) is 19.7 Å². The third-order valence-corrected chi connectivity index (χ3v) is 4.74. The molecular formula is C18H20FN7O4. The summed E-state index contributed by atoms with van der Waals surface area (Å²) in [6.07, 6.45) is -1.10. The number of fused-ring (bicyclic) bond motifs is 1. The maximum atomic E-state index is 12.9. The lowest BCUT2D eigenvalue weighted by molar-refractivity contribution is -0.0511. The Labute approximate surface area is 169 Å². The fraction of sp³-hybridized carbons (Fsp3) is 0.333. The molecule has 1 saturated heterocycles. The smallest absolute Gasteiger partial charge is 0.247 e. The molecule has 0 amide bonds. The maximum Gasteiger partial charge on any atom is 0.247 e. The highest BCUT2D eigenvalue weighted by Crippen LogP contribution is 2.32. The number of imidazole rings is 1. The predicted molar refractivity (Wildman–Crippen MR) is 105 cm³/mol. The van der Waals surface area contributed by atoms with E-state index in [4.69, 9.17) is 10.5 Å². The van der Waals surface area contributed by atoms with E-state index < -0.39 is 31.1 Å². The molecule has 11 nitrogen and oxygen atoms in total. The lowest BCUT2D eigenvalue weighted by atomic mass is 10.1. The summed E-state index contributed by atoms with van der Waals surface area (Å²) in [5, 5.41) is 33.6. The second-order valence-electron chi connectivity index (χ2n) is 6.74. The molecule has 1 aliphatic heterocycles. The molecule has 1 aliphatic rings. The predicted octanol–water partition coefficient (Wildman–Crippen LogP) is -0.201. The van der Waals surface area contributed by atoms with Gasteiger partial charge in [-0.25, -0.2) is 14.8 Å². The maximum absolute atomic E-state index is 12.9. The average Bonchev–Trinajstić information content (AvgIpc) is 3.28. The Morgan fingerprint density at radius 2 is 2.00 bits per heavy atom. The van der Waals surface area contributed by atoms with Crippen LogP contribution in [0.4, 0.5) is 16.2 Å². The number of nitrogens with zero attached hydrogens (tertiary/aromatic N) is 5. The number of nitrogens with one attached hydrogen (secondary N) is 1. The summed E-state index contributed by atoms with van der Waals surface area (Å²) in [6, 6.07) is 6.05. The van der Waals surface area contributed by atoms with Crippen LogP contribution in [0.1, 0.15) is 11.8 Å². The molecular weight excluding hydrogens is 397 g/mol. The van der Waals surface area contributed by atoms with Crippen LogP contribution in [-0.4, -0.2) is 66.0 Å². The number of anilines is 2. The van der Waals surface area contributed by atoms with Crippen LogP contribution in [0.2, 0.25) is 0 Å². The largest absolute Gasteiger partial charge is 0.394 e. The number of hydrazone groups is 1. The number of nitrogen functional groups attached to an aromatic ring is 1. The summed E-state index contributed by atoms with van der Waals surface area (Å²) in [5.74, 6) is -0.137. The van der Waals surface area contributed by atoms with Crippen LogP contribution in [0, 0.1) is 5.82 Å². The summed E-state index contributed by atoms with van der Waals surface area (Å²) >= 11 is 0. The first-order valence-corrected chi connectivity index (χ1v) is 9.12. The van der Waals surface area contributed by atoms with E-state index in [1.165, 1.54) is 23.0 Å². The Kier molecular flexibility index (Phi) is 5.55. The van der Waals surface area contributed by atoms with Crippen molar-refractivity contribution in [1.29, 1.82) is 0 Å². The number of aliphatic hydroxyl groups excluding tert-OH is 3. The molecule has 3 aromatic rings. The van der Waals surface area contributed by atoms with Crippen LogP contribution in [0.5, 0.6) is 0 Å². The lowest BCUT2D eigenvalue weighted by Crippen LogP contribution is -2.33. The summed E-state index contributed by atoms with van der Waals surface area (Å²) in [6.45, 7) is -0.450. The molecule has 3 heterocycles. The van der Waals surface area contributed by atoms with Crippen molar-refractivity contribution in [3.63, 3.8) is 0 Å². The average molecular weight is 417 g/mol. The van der Waals surface area contributed by atoms with Gasteiger partial charge in [0.1, 0.15) is 29.6 Å². The highest BCUT2D eigenvalue weighted by Gasteiger charge is 2.44. The van der Waals surface area contributed by atoms with Crippen molar-refractivity contribution < 1.29 is 24.4 Å². The molecule has 12 heteroatoms. The molecule has 4 atom stereocenters. The molecule has 1 aromatic carbocycles. The molecule has 0 spiro atoms.